The Hall–Kier alpha value is -2.40. The van der Waals surface area contributed by atoms with Crippen LogP contribution in [0.3, 0.4) is 0 Å². The van der Waals surface area contributed by atoms with Gasteiger partial charge >= 0.3 is 0 Å². The predicted octanol–water partition coefficient (Wildman–Crippen LogP) is 4.99. The monoisotopic (exact) mass is 419 g/mol. The van der Waals surface area contributed by atoms with Crippen LogP contribution in [-0.2, 0) is 11.2 Å². The van der Waals surface area contributed by atoms with Gasteiger partial charge < -0.3 is 9.80 Å². The van der Waals surface area contributed by atoms with Crippen LogP contribution >= 0.6 is 11.3 Å². The second kappa shape index (κ2) is 8.76. The zero-order valence-electron chi connectivity index (χ0n) is 17.4. The Morgan fingerprint density at radius 2 is 1.87 bits per heavy atom. The first kappa shape index (κ1) is 19.6. The highest BCUT2D eigenvalue weighted by Gasteiger charge is 2.32. The molecule has 2 saturated heterocycles. The number of pyridine rings is 1. The topological polar surface area (TPSA) is 36.4 Å². The lowest BCUT2D eigenvalue weighted by Crippen LogP contribution is -2.47. The molecule has 4 heterocycles. The number of fused-ring (bicyclic) bond motifs is 1. The first-order valence-corrected chi connectivity index (χ1v) is 12.1. The van der Waals surface area contributed by atoms with Gasteiger partial charge in [0.2, 0.25) is 5.91 Å². The molecular weight excluding hydrogens is 390 g/mol. The molecule has 1 unspecified atom stereocenters. The van der Waals surface area contributed by atoms with Gasteiger partial charge in [-0.2, -0.15) is 0 Å². The van der Waals surface area contributed by atoms with E-state index in [4.69, 9.17) is 0 Å². The van der Waals surface area contributed by atoms with Gasteiger partial charge in [-0.1, -0.05) is 30.3 Å². The van der Waals surface area contributed by atoms with Gasteiger partial charge in [-0.05, 0) is 61.1 Å². The molecule has 2 aromatic heterocycles. The highest BCUT2D eigenvalue weighted by molar-refractivity contribution is 7.17. The van der Waals surface area contributed by atoms with Gasteiger partial charge in [-0.15, -0.1) is 11.3 Å². The molecule has 0 spiro atoms. The number of likely N-dealkylation sites (tertiary alicyclic amines) is 1. The van der Waals surface area contributed by atoms with Crippen LogP contribution in [0, 0.1) is 11.8 Å². The van der Waals surface area contributed by atoms with Crippen molar-refractivity contribution in [1.29, 1.82) is 0 Å². The standard InChI is InChI=1S/C25H29N3OS/c29-25(27-14-9-20(10-15-27)17-19-5-2-1-3-6-19)21-7-4-13-28(18-21)24-22-11-16-30-23(22)8-12-26-24/h1-3,5-6,8,11-12,16,20-21H,4,7,9-10,13-15,17-18H2. The molecule has 156 valence electrons. The number of benzene rings is 1. The SMILES string of the molecule is O=C(C1CCCN(c2nccc3sccc23)C1)N1CCC(Cc2ccccc2)CC1. The summed E-state index contributed by atoms with van der Waals surface area (Å²) in [4.78, 5) is 22.4. The highest BCUT2D eigenvalue weighted by atomic mass is 32.1. The summed E-state index contributed by atoms with van der Waals surface area (Å²) < 4.78 is 1.27. The summed E-state index contributed by atoms with van der Waals surface area (Å²) in [5.41, 5.74) is 1.42. The number of carbonyl (C=O) groups is 1. The third-order valence-corrected chi connectivity index (χ3v) is 7.60. The summed E-state index contributed by atoms with van der Waals surface area (Å²) >= 11 is 1.75. The van der Waals surface area contributed by atoms with Crippen LogP contribution in [0.5, 0.6) is 0 Å². The Labute approximate surface area is 182 Å². The van der Waals surface area contributed by atoms with E-state index in [1.807, 2.05) is 6.20 Å². The minimum atomic E-state index is 0.0973. The smallest absolute Gasteiger partial charge is 0.227 e. The molecule has 0 saturated carbocycles. The third kappa shape index (κ3) is 4.08. The fourth-order valence-electron chi connectivity index (χ4n) is 5.07. The van der Waals surface area contributed by atoms with Gasteiger partial charge in [0, 0.05) is 42.5 Å². The van der Waals surface area contributed by atoms with Crippen molar-refractivity contribution in [2.45, 2.75) is 32.1 Å². The van der Waals surface area contributed by atoms with Gasteiger partial charge in [-0.3, -0.25) is 4.79 Å². The van der Waals surface area contributed by atoms with Crippen molar-refractivity contribution in [3.05, 3.63) is 59.6 Å². The van der Waals surface area contributed by atoms with Crippen molar-refractivity contribution in [2.24, 2.45) is 11.8 Å². The molecule has 0 radical (unpaired) electrons. The number of hydrogen-bond acceptors (Lipinski definition) is 4. The lowest BCUT2D eigenvalue weighted by Gasteiger charge is -2.38. The van der Waals surface area contributed by atoms with Crippen molar-refractivity contribution in [3.8, 4) is 0 Å². The molecular formula is C25H29N3OS. The Balaban J connectivity index is 1.20. The highest BCUT2D eigenvalue weighted by Crippen LogP contribution is 2.32. The molecule has 30 heavy (non-hydrogen) atoms. The number of nitrogens with zero attached hydrogens (tertiary/aromatic N) is 3. The summed E-state index contributed by atoms with van der Waals surface area (Å²) in [6, 6.07) is 15.0. The molecule has 4 nitrogen and oxygen atoms in total. The Morgan fingerprint density at radius 1 is 1.03 bits per heavy atom. The maximum atomic E-state index is 13.3. The van der Waals surface area contributed by atoms with Crippen molar-refractivity contribution in [2.75, 3.05) is 31.1 Å². The Morgan fingerprint density at radius 3 is 2.70 bits per heavy atom. The second-order valence-electron chi connectivity index (χ2n) is 8.71. The summed E-state index contributed by atoms with van der Waals surface area (Å²) in [5, 5.41) is 3.35. The van der Waals surface area contributed by atoms with Gasteiger partial charge in [0.25, 0.3) is 0 Å². The zero-order chi connectivity index (χ0) is 20.3. The predicted molar refractivity (Wildman–Crippen MR) is 124 cm³/mol. The number of amides is 1. The van der Waals surface area contributed by atoms with Crippen LogP contribution in [0.1, 0.15) is 31.2 Å². The Bertz CT molecular complexity index is 994. The van der Waals surface area contributed by atoms with Crippen LogP contribution < -0.4 is 4.90 Å². The third-order valence-electron chi connectivity index (χ3n) is 6.72. The van der Waals surface area contributed by atoms with E-state index in [1.54, 1.807) is 11.3 Å². The molecule has 0 aliphatic carbocycles. The molecule has 3 aromatic rings. The molecule has 0 N–H and O–H groups in total. The summed E-state index contributed by atoms with van der Waals surface area (Å²) in [6.45, 7) is 3.60. The largest absolute Gasteiger partial charge is 0.355 e. The minimum Gasteiger partial charge on any atom is -0.355 e. The normalized spacial score (nSPS) is 20.6. The average molecular weight is 420 g/mol. The Kier molecular flexibility index (Phi) is 5.71. The van der Waals surface area contributed by atoms with Crippen molar-refractivity contribution in [1.82, 2.24) is 9.88 Å². The molecule has 5 rings (SSSR count). The number of anilines is 1. The van der Waals surface area contributed by atoms with Crippen LogP contribution in [0.15, 0.2) is 54.0 Å². The van der Waals surface area contributed by atoms with Crippen molar-refractivity contribution in [3.63, 3.8) is 0 Å². The fourth-order valence-corrected chi connectivity index (χ4v) is 5.84. The number of thiophene rings is 1. The van der Waals surface area contributed by atoms with Crippen LogP contribution in [0.4, 0.5) is 5.82 Å². The first-order valence-electron chi connectivity index (χ1n) is 11.2. The van der Waals surface area contributed by atoms with E-state index in [9.17, 15) is 4.79 Å². The summed E-state index contributed by atoms with van der Waals surface area (Å²) in [7, 11) is 0. The van der Waals surface area contributed by atoms with E-state index >= 15 is 0 Å². The maximum absolute atomic E-state index is 13.3. The van der Waals surface area contributed by atoms with Crippen molar-refractivity contribution < 1.29 is 4.79 Å². The van der Waals surface area contributed by atoms with Gasteiger partial charge in [0.15, 0.2) is 0 Å². The van der Waals surface area contributed by atoms with Crippen LogP contribution in [-0.4, -0.2) is 42.0 Å². The number of rotatable bonds is 4. The molecule has 2 aliphatic rings. The molecule has 1 amide bonds. The quantitative estimate of drug-likeness (QED) is 0.597. The lowest BCUT2D eigenvalue weighted by molar-refractivity contribution is -0.137. The average Bonchev–Trinajstić information content (AvgIpc) is 3.29. The number of carbonyl (C=O) groups excluding carboxylic acids is 1. The molecule has 2 aliphatic heterocycles. The number of aromatic nitrogens is 1. The first-order chi connectivity index (χ1) is 14.8. The lowest BCUT2D eigenvalue weighted by atomic mass is 9.89. The molecule has 1 aromatic carbocycles. The second-order valence-corrected chi connectivity index (χ2v) is 9.66. The maximum Gasteiger partial charge on any atom is 0.227 e. The van der Waals surface area contributed by atoms with Crippen LogP contribution in [0.25, 0.3) is 10.1 Å². The molecule has 1 atom stereocenters. The van der Waals surface area contributed by atoms with Gasteiger partial charge in [0.05, 0.1) is 5.92 Å². The zero-order valence-corrected chi connectivity index (χ0v) is 18.2. The molecule has 2 fully saturated rings. The number of hydrogen-bond donors (Lipinski definition) is 0. The fraction of sp³-hybridized carbons (Fsp3) is 0.440. The van der Waals surface area contributed by atoms with E-state index < -0.39 is 0 Å². The van der Waals surface area contributed by atoms with E-state index in [0.29, 0.717) is 11.8 Å². The summed E-state index contributed by atoms with van der Waals surface area (Å²) in [5.74, 6) is 2.20. The van der Waals surface area contributed by atoms with E-state index in [0.717, 1.165) is 64.1 Å². The molecule has 0 bridgehead atoms. The van der Waals surface area contributed by atoms with Gasteiger partial charge in [0.1, 0.15) is 5.82 Å². The van der Waals surface area contributed by atoms with E-state index in [1.165, 1.54) is 15.6 Å². The molecule has 5 heteroatoms. The van der Waals surface area contributed by atoms with Crippen LogP contribution in [0.2, 0.25) is 0 Å². The minimum absolute atomic E-state index is 0.0973. The summed E-state index contributed by atoms with van der Waals surface area (Å²) in [6.07, 6.45) is 7.33. The van der Waals surface area contributed by atoms with E-state index in [-0.39, 0.29) is 5.92 Å². The van der Waals surface area contributed by atoms with E-state index in [2.05, 4.69) is 62.6 Å². The van der Waals surface area contributed by atoms with Crippen molar-refractivity contribution >= 4 is 33.1 Å². The number of piperidine rings is 2. The van der Waals surface area contributed by atoms with Gasteiger partial charge in [-0.25, -0.2) is 4.98 Å².